The Kier molecular flexibility index (Phi) is 8.86. The maximum atomic E-state index is 6.23. The molecule has 2 rings (SSSR count). The number of aryl methyl sites for hydroxylation is 1. The quantitative estimate of drug-likeness (QED) is 0.392. The van der Waals surface area contributed by atoms with Crippen molar-refractivity contribution in [1.29, 1.82) is 0 Å². The minimum Gasteiger partial charge on any atom is -0.350 e. The van der Waals surface area contributed by atoms with Gasteiger partial charge in [0, 0.05) is 23.1 Å². The lowest BCUT2D eigenvalue weighted by molar-refractivity contribution is 0.685. The molecule has 0 amide bonds. The highest BCUT2D eigenvalue weighted by molar-refractivity contribution is 14.0. The predicted molar refractivity (Wildman–Crippen MR) is 110 cm³/mol. The molecule has 0 saturated heterocycles. The standard InChI is InChI=1S/C16H21ClN4S.HI/c1-4-12-9-19-15(22-12)10-20-16(18-3)21-11(2)13-7-5-6-8-14(13)17;/h5-9,11H,4,10H2,1-3H3,(H2,18,20,21);1H. The molecule has 0 radical (unpaired) electrons. The number of halogens is 2. The average Bonchev–Trinajstić information content (AvgIpc) is 2.99. The van der Waals surface area contributed by atoms with E-state index < -0.39 is 0 Å². The van der Waals surface area contributed by atoms with Gasteiger partial charge in [-0.2, -0.15) is 0 Å². The van der Waals surface area contributed by atoms with Gasteiger partial charge in [-0.3, -0.25) is 4.99 Å². The smallest absolute Gasteiger partial charge is 0.191 e. The normalized spacial score (nSPS) is 12.4. The minimum absolute atomic E-state index is 0. The van der Waals surface area contributed by atoms with Crippen LogP contribution < -0.4 is 10.6 Å². The summed E-state index contributed by atoms with van der Waals surface area (Å²) in [6.07, 6.45) is 2.96. The number of benzene rings is 1. The van der Waals surface area contributed by atoms with Crippen LogP contribution in [-0.2, 0) is 13.0 Å². The highest BCUT2D eigenvalue weighted by Gasteiger charge is 2.11. The first kappa shape index (κ1) is 20.2. The summed E-state index contributed by atoms with van der Waals surface area (Å²) in [5.41, 5.74) is 1.05. The Morgan fingerprint density at radius 3 is 2.74 bits per heavy atom. The van der Waals surface area contributed by atoms with Gasteiger partial charge in [0.2, 0.25) is 0 Å². The molecule has 0 fully saturated rings. The summed E-state index contributed by atoms with van der Waals surface area (Å²) in [6.45, 7) is 4.86. The molecule has 0 saturated carbocycles. The Bertz CT molecular complexity index is 645. The number of nitrogens with zero attached hydrogens (tertiary/aromatic N) is 2. The maximum absolute atomic E-state index is 6.23. The monoisotopic (exact) mass is 464 g/mol. The van der Waals surface area contributed by atoms with Crippen LogP contribution >= 0.6 is 46.9 Å². The minimum atomic E-state index is 0. The fraction of sp³-hybridized carbons (Fsp3) is 0.375. The molecule has 0 spiro atoms. The number of aromatic nitrogens is 1. The lowest BCUT2D eigenvalue weighted by Crippen LogP contribution is -2.38. The molecule has 1 heterocycles. The van der Waals surface area contributed by atoms with E-state index in [4.69, 9.17) is 11.6 Å². The van der Waals surface area contributed by atoms with Crippen LogP contribution in [0.3, 0.4) is 0 Å². The maximum Gasteiger partial charge on any atom is 0.191 e. The fourth-order valence-corrected chi connectivity index (χ4v) is 3.16. The van der Waals surface area contributed by atoms with Crippen LogP contribution in [0.1, 0.15) is 35.3 Å². The zero-order chi connectivity index (χ0) is 15.9. The number of hydrogen-bond donors (Lipinski definition) is 2. The van der Waals surface area contributed by atoms with Crippen LogP contribution in [0.4, 0.5) is 0 Å². The molecule has 2 N–H and O–H groups in total. The fourth-order valence-electron chi connectivity index (χ4n) is 2.06. The lowest BCUT2D eigenvalue weighted by atomic mass is 10.1. The first-order valence-electron chi connectivity index (χ1n) is 7.29. The molecule has 1 aromatic carbocycles. The van der Waals surface area contributed by atoms with Crippen LogP contribution in [0, 0.1) is 0 Å². The van der Waals surface area contributed by atoms with Crippen LogP contribution in [-0.4, -0.2) is 18.0 Å². The van der Waals surface area contributed by atoms with Gasteiger partial charge >= 0.3 is 0 Å². The van der Waals surface area contributed by atoms with Gasteiger partial charge in [0.15, 0.2) is 5.96 Å². The van der Waals surface area contributed by atoms with Gasteiger partial charge in [-0.05, 0) is 25.0 Å². The third kappa shape index (κ3) is 5.93. The highest BCUT2D eigenvalue weighted by atomic mass is 127. The van der Waals surface area contributed by atoms with Crippen LogP contribution in [0.15, 0.2) is 35.5 Å². The van der Waals surface area contributed by atoms with Crippen molar-refractivity contribution < 1.29 is 0 Å². The first-order chi connectivity index (χ1) is 10.6. The van der Waals surface area contributed by atoms with E-state index in [0.29, 0.717) is 6.54 Å². The van der Waals surface area contributed by atoms with E-state index in [1.54, 1.807) is 18.4 Å². The Labute approximate surface area is 163 Å². The third-order valence-electron chi connectivity index (χ3n) is 3.31. The van der Waals surface area contributed by atoms with Crippen LogP contribution in [0.2, 0.25) is 5.02 Å². The molecule has 1 unspecified atom stereocenters. The van der Waals surface area contributed by atoms with E-state index >= 15 is 0 Å². The number of nitrogens with one attached hydrogen (secondary N) is 2. The zero-order valence-electron chi connectivity index (χ0n) is 13.5. The molecule has 1 atom stereocenters. The number of guanidine groups is 1. The topological polar surface area (TPSA) is 49.3 Å². The van der Waals surface area contributed by atoms with Crippen molar-refractivity contribution in [1.82, 2.24) is 15.6 Å². The second-order valence-electron chi connectivity index (χ2n) is 4.89. The molecule has 126 valence electrons. The Hall–Kier alpha value is -0.860. The number of rotatable bonds is 5. The van der Waals surface area contributed by atoms with E-state index in [1.807, 2.05) is 30.5 Å². The molecule has 0 bridgehead atoms. The summed E-state index contributed by atoms with van der Waals surface area (Å²) in [5, 5.41) is 8.45. The van der Waals surface area contributed by atoms with Crippen molar-refractivity contribution in [3.8, 4) is 0 Å². The van der Waals surface area contributed by atoms with E-state index in [2.05, 4.69) is 34.5 Å². The van der Waals surface area contributed by atoms with E-state index in [9.17, 15) is 0 Å². The van der Waals surface area contributed by atoms with Crippen molar-refractivity contribution in [3.05, 3.63) is 50.9 Å². The highest BCUT2D eigenvalue weighted by Crippen LogP contribution is 2.22. The Morgan fingerprint density at radius 1 is 1.39 bits per heavy atom. The average molecular weight is 465 g/mol. The summed E-state index contributed by atoms with van der Waals surface area (Å²) in [5.74, 6) is 0.737. The van der Waals surface area contributed by atoms with Gasteiger partial charge in [-0.1, -0.05) is 36.7 Å². The molecular formula is C16H22ClIN4S. The summed E-state index contributed by atoms with van der Waals surface area (Å²) in [6, 6.07) is 7.90. The molecule has 1 aromatic heterocycles. The lowest BCUT2D eigenvalue weighted by Gasteiger charge is -2.18. The SMILES string of the molecule is CCc1cnc(CNC(=NC)NC(C)c2ccccc2Cl)s1.I. The van der Waals surface area contributed by atoms with E-state index in [0.717, 1.165) is 28.0 Å². The second kappa shape index (κ2) is 10.1. The van der Waals surface area contributed by atoms with Gasteiger partial charge in [0.1, 0.15) is 5.01 Å². The summed E-state index contributed by atoms with van der Waals surface area (Å²) in [7, 11) is 1.76. The zero-order valence-corrected chi connectivity index (χ0v) is 17.4. The number of aliphatic imine (C=N–C) groups is 1. The molecule has 0 aliphatic heterocycles. The Morgan fingerprint density at radius 2 is 2.13 bits per heavy atom. The van der Waals surface area contributed by atoms with Crippen molar-refractivity contribution in [2.24, 2.45) is 4.99 Å². The Balaban J connectivity index is 0.00000264. The van der Waals surface area contributed by atoms with Gasteiger partial charge in [0.05, 0.1) is 12.6 Å². The summed E-state index contributed by atoms with van der Waals surface area (Å²) < 4.78 is 0. The van der Waals surface area contributed by atoms with Crippen molar-refractivity contribution >= 4 is 52.9 Å². The molecule has 0 aliphatic carbocycles. The van der Waals surface area contributed by atoms with E-state index in [-0.39, 0.29) is 30.0 Å². The van der Waals surface area contributed by atoms with Crippen molar-refractivity contribution in [2.75, 3.05) is 7.05 Å². The first-order valence-corrected chi connectivity index (χ1v) is 8.48. The van der Waals surface area contributed by atoms with Crippen LogP contribution in [0.5, 0.6) is 0 Å². The van der Waals surface area contributed by atoms with Crippen molar-refractivity contribution in [2.45, 2.75) is 32.9 Å². The van der Waals surface area contributed by atoms with E-state index in [1.165, 1.54) is 4.88 Å². The molecule has 2 aromatic rings. The number of thiazole rings is 1. The van der Waals surface area contributed by atoms with Gasteiger partial charge in [-0.25, -0.2) is 4.98 Å². The van der Waals surface area contributed by atoms with Gasteiger partial charge in [-0.15, -0.1) is 35.3 Å². The second-order valence-corrected chi connectivity index (χ2v) is 6.49. The largest absolute Gasteiger partial charge is 0.350 e. The van der Waals surface area contributed by atoms with Crippen LogP contribution in [0.25, 0.3) is 0 Å². The molecule has 7 heteroatoms. The third-order valence-corrected chi connectivity index (χ3v) is 4.79. The van der Waals surface area contributed by atoms with Gasteiger partial charge < -0.3 is 10.6 Å². The number of hydrogen-bond acceptors (Lipinski definition) is 3. The summed E-state index contributed by atoms with van der Waals surface area (Å²) >= 11 is 7.95. The molecule has 23 heavy (non-hydrogen) atoms. The predicted octanol–water partition coefficient (Wildman–Crippen LogP) is 4.40. The van der Waals surface area contributed by atoms with Crippen molar-refractivity contribution in [3.63, 3.8) is 0 Å². The molecule has 0 aliphatic rings. The van der Waals surface area contributed by atoms with Gasteiger partial charge in [0.25, 0.3) is 0 Å². The molecular weight excluding hydrogens is 443 g/mol. The molecule has 4 nitrogen and oxygen atoms in total. The summed E-state index contributed by atoms with van der Waals surface area (Å²) in [4.78, 5) is 9.95.